The fraction of sp³-hybridized carbons (Fsp3) is 0.333. The highest BCUT2D eigenvalue weighted by Gasteiger charge is 2.21. The number of benzene rings is 1. The number of carbonyl (C=O) groups excluding carboxylic acids is 2. The summed E-state index contributed by atoms with van der Waals surface area (Å²) in [5.74, 6) is -0.722. The van der Waals surface area contributed by atoms with E-state index in [1.54, 1.807) is 6.08 Å². The van der Waals surface area contributed by atoms with Crippen LogP contribution in [0.2, 0.25) is 0 Å². The molecule has 0 saturated heterocycles. The van der Waals surface area contributed by atoms with Crippen LogP contribution in [0.15, 0.2) is 30.3 Å². The van der Waals surface area contributed by atoms with Crippen LogP contribution in [0, 0.1) is 13.8 Å². The molecule has 0 aliphatic heterocycles. The zero-order valence-electron chi connectivity index (χ0n) is 16.1. The topological polar surface area (TPSA) is 55.4 Å². The molecular weight excluding hydrogens is 346 g/mol. The van der Waals surface area contributed by atoms with Crippen molar-refractivity contribution in [2.45, 2.75) is 40.0 Å². The molecular formula is C21H25NO3S. The molecule has 2 aromatic rings. The first-order valence-electron chi connectivity index (χ1n) is 8.41. The fourth-order valence-electron chi connectivity index (χ4n) is 2.48. The van der Waals surface area contributed by atoms with Crippen LogP contribution in [-0.2, 0) is 14.9 Å². The van der Waals surface area contributed by atoms with Crippen LogP contribution >= 0.6 is 11.3 Å². The maximum absolute atomic E-state index is 12.3. The lowest BCUT2D eigenvalue weighted by Gasteiger charge is -2.18. The first-order chi connectivity index (χ1) is 12.1. The van der Waals surface area contributed by atoms with Gasteiger partial charge in [-0.1, -0.05) is 45.0 Å². The van der Waals surface area contributed by atoms with Gasteiger partial charge in [0.25, 0.3) is 0 Å². The Morgan fingerprint density at radius 1 is 1.12 bits per heavy atom. The second kappa shape index (κ2) is 7.87. The van der Waals surface area contributed by atoms with Crippen molar-refractivity contribution in [2.24, 2.45) is 0 Å². The summed E-state index contributed by atoms with van der Waals surface area (Å²) in [6, 6.07) is 8.12. The minimum absolute atomic E-state index is 0.0960. The molecule has 0 spiro atoms. The summed E-state index contributed by atoms with van der Waals surface area (Å²) < 4.78 is 4.82. The molecule has 1 N–H and O–H groups in total. The Morgan fingerprint density at radius 2 is 1.73 bits per heavy atom. The van der Waals surface area contributed by atoms with Gasteiger partial charge >= 0.3 is 5.97 Å². The first kappa shape index (κ1) is 19.9. The van der Waals surface area contributed by atoms with Gasteiger partial charge in [0, 0.05) is 11.0 Å². The molecule has 1 heterocycles. The molecule has 26 heavy (non-hydrogen) atoms. The lowest BCUT2D eigenvalue weighted by Crippen LogP contribution is -2.11. The molecule has 1 aromatic heterocycles. The van der Waals surface area contributed by atoms with Crippen LogP contribution in [0.5, 0.6) is 0 Å². The smallest absolute Gasteiger partial charge is 0.341 e. The van der Waals surface area contributed by atoms with Crippen molar-refractivity contribution in [3.05, 3.63) is 57.5 Å². The van der Waals surface area contributed by atoms with Gasteiger partial charge in [-0.3, -0.25) is 4.79 Å². The van der Waals surface area contributed by atoms with Crippen molar-refractivity contribution in [2.75, 3.05) is 12.4 Å². The van der Waals surface area contributed by atoms with E-state index in [4.69, 9.17) is 4.74 Å². The normalized spacial score (nSPS) is 11.6. The number of aryl methyl sites for hydroxylation is 1. The van der Waals surface area contributed by atoms with E-state index in [2.05, 4.69) is 38.2 Å². The van der Waals surface area contributed by atoms with Crippen molar-refractivity contribution in [1.29, 1.82) is 0 Å². The Balaban J connectivity index is 2.13. The molecule has 0 fully saturated rings. The number of ether oxygens (including phenoxy) is 1. The van der Waals surface area contributed by atoms with Crippen LogP contribution in [0.25, 0.3) is 6.08 Å². The van der Waals surface area contributed by atoms with Gasteiger partial charge in [-0.25, -0.2) is 4.79 Å². The standard InChI is InChI=1S/C21H25NO3S/c1-13-14(2)26-19(18(13)20(24)25-6)22-17(23)12-9-15-7-10-16(11-8-15)21(3,4)5/h7-12H,1-6H3,(H,22,23)/b12-9+. The second-order valence-corrected chi connectivity index (χ2v) is 8.40. The van der Waals surface area contributed by atoms with Crippen LogP contribution < -0.4 is 5.32 Å². The van der Waals surface area contributed by atoms with Crippen LogP contribution in [-0.4, -0.2) is 19.0 Å². The van der Waals surface area contributed by atoms with Gasteiger partial charge in [0.2, 0.25) is 5.91 Å². The average Bonchev–Trinajstić information content (AvgIpc) is 2.86. The van der Waals surface area contributed by atoms with E-state index in [-0.39, 0.29) is 11.3 Å². The van der Waals surface area contributed by atoms with Crippen molar-refractivity contribution >= 4 is 34.3 Å². The van der Waals surface area contributed by atoms with Crippen LogP contribution in [0.4, 0.5) is 5.00 Å². The Labute approximate surface area is 158 Å². The average molecular weight is 372 g/mol. The molecule has 0 atom stereocenters. The summed E-state index contributed by atoms with van der Waals surface area (Å²) in [6.45, 7) is 10.2. The Bertz CT molecular complexity index is 839. The third-order valence-electron chi connectivity index (χ3n) is 4.22. The summed E-state index contributed by atoms with van der Waals surface area (Å²) in [5.41, 5.74) is 3.54. The Kier molecular flexibility index (Phi) is 6.03. The number of methoxy groups -OCH3 is 1. The highest BCUT2D eigenvalue weighted by molar-refractivity contribution is 7.16. The molecule has 0 saturated carbocycles. The van der Waals surface area contributed by atoms with Crippen molar-refractivity contribution in [3.8, 4) is 0 Å². The number of esters is 1. The third kappa shape index (κ3) is 4.61. The maximum atomic E-state index is 12.3. The van der Waals surface area contributed by atoms with E-state index in [0.717, 1.165) is 16.0 Å². The van der Waals surface area contributed by atoms with E-state index < -0.39 is 5.97 Å². The predicted octanol–water partition coefficient (Wildman–Crippen LogP) is 5.10. The monoisotopic (exact) mass is 371 g/mol. The number of rotatable bonds is 4. The maximum Gasteiger partial charge on any atom is 0.341 e. The second-order valence-electron chi connectivity index (χ2n) is 7.17. The van der Waals surface area contributed by atoms with E-state index in [1.165, 1.54) is 30.1 Å². The molecule has 1 aromatic carbocycles. The number of carbonyl (C=O) groups is 2. The molecule has 5 heteroatoms. The van der Waals surface area contributed by atoms with Crippen molar-refractivity contribution in [1.82, 2.24) is 0 Å². The Hall–Kier alpha value is -2.40. The third-order valence-corrected chi connectivity index (χ3v) is 5.34. The number of amides is 1. The van der Waals surface area contributed by atoms with Gasteiger partial charge < -0.3 is 10.1 Å². The van der Waals surface area contributed by atoms with Crippen molar-refractivity contribution < 1.29 is 14.3 Å². The minimum Gasteiger partial charge on any atom is -0.465 e. The van der Waals surface area contributed by atoms with Crippen LogP contribution in [0.1, 0.15) is 52.7 Å². The molecule has 0 radical (unpaired) electrons. The van der Waals surface area contributed by atoms with Crippen LogP contribution in [0.3, 0.4) is 0 Å². The summed E-state index contributed by atoms with van der Waals surface area (Å²) in [5, 5.41) is 3.30. The predicted molar refractivity (Wildman–Crippen MR) is 108 cm³/mol. The fourth-order valence-corrected chi connectivity index (χ4v) is 3.53. The van der Waals surface area contributed by atoms with Gasteiger partial charge in [0.15, 0.2) is 0 Å². The summed E-state index contributed by atoms with van der Waals surface area (Å²) in [4.78, 5) is 25.2. The zero-order chi connectivity index (χ0) is 19.5. The lowest BCUT2D eigenvalue weighted by molar-refractivity contribution is -0.111. The zero-order valence-corrected chi connectivity index (χ0v) is 16.9. The highest BCUT2D eigenvalue weighted by atomic mass is 32.1. The molecule has 2 rings (SSSR count). The summed E-state index contributed by atoms with van der Waals surface area (Å²) in [7, 11) is 1.33. The number of hydrogen-bond acceptors (Lipinski definition) is 4. The minimum atomic E-state index is -0.441. The number of nitrogens with one attached hydrogen (secondary N) is 1. The molecule has 1 amide bonds. The van der Waals surface area contributed by atoms with Crippen molar-refractivity contribution in [3.63, 3.8) is 0 Å². The van der Waals surface area contributed by atoms with Gasteiger partial charge in [0.05, 0.1) is 12.7 Å². The van der Waals surface area contributed by atoms with Gasteiger partial charge in [0.1, 0.15) is 5.00 Å². The number of hydrogen-bond donors (Lipinski definition) is 1. The summed E-state index contributed by atoms with van der Waals surface area (Å²) >= 11 is 1.37. The SMILES string of the molecule is COC(=O)c1c(NC(=O)/C=C/c2ccc(C(C)(C)C)cc2)sc(C)c1C. The Morgan fingerprint density at radius 3 is 2.27 bits per heavy atom. The highest BCUT2D eigenvalue weighted by Crippen LogP contribution is 2.33. The molecule has 0 unspecified atom stereocenters. The number of anilines is 1. The molecule has 0 aliphatic carbocycles. The van der Waals surface area contributed by atoms with Gasteiger partial charge in [-0.05, 0) is 42.0 Å². The van der Waals surface area contributed by atoms with E-state index in [1.807, 2.05) is 26.0 Å². The largest absolute Gasteiger partial charge is 0.465 e. The van der Waals surface area contributed by atoms with E-state index in [0.29, 0.717) is 10.6 Å². The molecule has 0 aliphatic rings. The lowest BCUT2D eigenvalue weighted by atomic mass is 9.87. The molecule has 0 bridgehead atoms. The molecule has 138 valence electrons. The quantitative estimate of drug-likeness (QED) is 0.601. The van der Waals surface area contributed by atoms with Gasteiger partial charge in [-0.15, -0.1) is 11.3 Å². The van der Waals surface area contributed by atoms with E-state index >= 15 is 0 Å². The molecule has 4 nitrogen and oxygen atoms in total. The van der Waals surface area contributed by atoms with Gasteiger partial charge in [-0.2, -0.15) is 0 Å². The summed E-state index contributed by atoms with van der Waals surface area (Å²) in [6.07, 6.45) is 3.23. The first-order valence-corrected chi connectivity index (χ1v) is 9.23. The van der Waals surface area contributed by atoms with E-state index in [9.17, 15) is 9.59 Å². The number of thiophene rings is 1.